The first-order valence-electron chi connectivity index (χ1n) is 9.94. The number of carbonyl (C=O) groups is 2. The lowest BCUT2D eigenvalue weighted by Gasteiger charge is -2.34. The van der Waals surface area contributed by atoms with Crippen LogP contribution in [-0.2, 0) is 20.9 Å². The maximum atomic E-state index is 13.4. The summed E-state index contributed by atoms with van der Waals surface area (Å²) in [5, 5.41) is 0. The summed E-state index contributed by atoms with van der Waals surface area (Å²) in [4.78, 5) is 27.5. The lowest BCUT2D eigenvalue weighted by molar-refractivity contribution is -0.141. The molecular formula is C24H25F2NO3. The monoisotopic (exact) mass is 413 g/mol. The van der Waals surface area contributed by atoms with Gasteiger partial charge in [0.1, 0.15) is 11.6 Å². The Balaban J connectivity index is 1.99. The van der Waals surface area contributed by atoms with Crippen molar-refractivity contribution in [3.05, 3.63) is 82.6 Å². The molecule has 0 N–H and O–H groups in total. The molecule has 1 atom stereocenters. The molecule has 0 saturated heterocycles. The number of hydrogen-bond donors (Lipinski definition) is 0. The summed E-state index contributed by atoms with van der Waals surface area (Å²) >= 11 is 0. The molecule has 158 valence electrons. The van der Waals surface area contributed by atoms with E-state index in [1.165, 1.54) is 29.2 Å². The van der Waals surface area contributed by atoms with E-state index in [2.05, 4.69) is 0 Å². The highest BCUT2D eigenvalue weighted by atomic mass is 19.1. The van der Waals surface area contributed by atoms with Crippen LogP contribution in [0, 0.1) is 17.6 Å². The lowest BCUT2D eigenvalue weighted by atomic mass is 9.83. The summed E-state index contributed by atoms with van der Waals surface area (Å²) in [6.07, 6.45) is 0.0658. The fourth-order valence-corrected chi connectivity index (χ4v) is 3.54. The van der Waals surface area contributed by atoms with Crippen LogP contribution in [0.3, 0.4) is 0 Å². The van der Waals surface area contributed by atoms with Gasteiger partial charge in [0.05, 0.1) is 18.7 Å². The van der Waals surface area contributed by atoms with Crippen LogP contribution in [-0.4, -0.2) is 23.4 Å². The molecule has 0 saturated carbocycles. The van der Waals surface area contributed by atoms with Crippen molar-refractivity contribution in [2.45, 2.75) is 39.7 Å². The molecule has 4 nitrogen and oxygen atoms in total. The summed E-state index contributed by atoms with van der Waals surface area (Å²) in [5.41, 5.74) is 2.32. The van der Waals surface area contributed by atoms with Gasteiger partial charge in [-0.25, -0.2) is 13.6 Å². The first-order valence-corrected chi connectivity index (χ1v) is 9.94. The van der Waals surface area contributed by atoms with E-state index in [0.29, 0.717) is 16.8 Å². The average Bonchev–Trinajstić information content (AvgIpc) is 2.71. The van der Waals surface area contributed by atoms with Gasteiger partial charge in [0.2, 0.25) is 5.91 Å². The molecule has 1 heterocycles. The van der Waals surface area contributed by atoms with Crippen molar-refractivity contribution in [3.8, 4) is 0 Å². The van der Waals surface area contributed by atoms with E-state index in [1.807, 2.05) is 13.8 Å². The molecule has 2 aromatic carbocycles. The first-order chi connectivity index (χ1) is 14.3. The number of amides is 1. The fourth-order valence-electron chi connectivity index (χ4n) is 3.54. The van der Waals surface area contributed by atoms with Crippen LogP contribution >= 0.6 is 0 Å². The zero-order valence-electron chi connectivity index (χ0n) is 17.3. The number of carbonyl (C=O) groups excluding carboxylic acids is 2. The molecule has 30 heavy (non-hydrogen) atoms. The molecule has 0 spiro atoms. The van der Waals surface area contributed by atoms with Gasteiger partial charge in [-0.05, 0) is 48.2 Å². The molecule has 0 aromatic heterocycles. The minimum absolute atomic E-state index is 0.0658. The van der Waals surface area contributed by atoms with Gasteiger partial charge < -0.3 is 9.64 Å². The molecule has 1 amide bonds. The summed E-state index contributed by atoms with van der Waals surface area (Å²) in [6, 6.07) is 11.7. The molecule has 0 fully saturated rings. The van der Waals surface area contributed by atoms with Gasteiger partial charge in [-0.2, -0.15) is 0 Å². The van der Waals surface area contributed by atoms with Crippen molar-refractivity contribution in [2.24, 2.45) is 5.92 Å². The van der Waals surface area contributed by atoms with Crippen LogP contribution in [0.5, 0.6) is 0 Å². The van der Waals surface area contributed by atoms with Crippen LogP contribution in [0.1, 0.15) is 44.2 Å². The predicted molar refractivity (Wildman–Crippen MR) is 109 cm³/mol. The summed E-state index contributed by atoms with van der Waals surface area (Å²) in [6.45, 7) is 6.08. The van der Waals surface area contributed by atoms with Crippen LogP contribution in [0.2, 0.25) is 0 Å². The Labute approximate surface area is 175 Å². The number of allylic oxidation sites excluding steroid dienone is 1. The highest BCUT2D eigenvalue weighted by Gasteiger charge is 2.37. The standard InChI is InChI=1S/C24H25F2NO3/c1-15(2)14-30-24(29)23-16(3)27(13-17-4-8-19(25)9-5-17)22(28)12-21(23)18-6-10-20(26)11-7-18/h4-11,15,21H,12-14H2,1-3H3. The highest BCUT2D eigenvalue weighted by Crippen LogP contribution is 2.37. The van der Waals surface area contributed by atoms with Crippen molar-refractivity contribution in [2.75, 3.05) is 6.61 Å². The van der Waals surface area contributed by atoms with Gasteiger partial charge in [-0.15, -0.1) is 0 Å². The third-order valence-electron chi connectivity index (χ3n) is 5.12. The van der Waals surface area contributed by atoms with Gasteiger partial charge in [-0.1, -0.05) is 38.1 Å². The molecule has 1 aliphatic heterocycles. The lowest BCUT2D eigenvalue weighted by Crippen LogP contribution is -2.38. The molecule has 6 heteroatoms. The topological polar surface area (TPSA) is 46.6 Å². The number of halogens is 2. The number of rotatable bonds is 6. The van der Waals surface area contributed by atoms with E-state index >= 15 is 0 Å². The third kappa shape index (κ3) is 4.93. The smallest absolute Gasteiger partial charge is 0.336 e. The summed E-state index contributed by atoms with van der Waals surface area (Å²) < 4.78 is 32.1. The van der Waals surface area contributed by atoms with Gasteiger partial charge in [0.25, 0.3) is 0 Å². The van der Waals surface area contributed by atoms with Crippen molar-refractivity contribution in [1.29, 1.82) is 0 Å². The highest BCUT2D eigenvalue weighted by molar-refractivity contribution is 5.95. The third-order valence-corrected chi connectivity index (χ3v) is 5.12. The number of nitrogens with zero attached hydrogens (tertiary/aromatic N) is 1. The van der Waals surface area contributed by atoms with Gasteiger partial charge in [0.15, 0.2) is 0 Å². The minimum atomic E-state index is -0.512. The largest absolute Gasteiger partial charge is 0.462 e. The second kappa shape index (κ2) is 9.20. The Bertz CT molecular complexity index is 949. The SMILES string of the molecule is CC1=C(C(=O)OCC(C)C)C(c2ccc(F)cc2)CC(=O)N1Cc1ccc(F)cc1. The van der Waals surface area contributed by atoms with Gasteiger partial charge in [-0.3, -0.25) is 4.79 Å². The minimum Gasteiger partial charge on any atom is -0.462 e. The second-order valence-corrected chi connectivity index (χ2v) is 7.91. The quantitative estimate of drug-likeness (QED) is 0.630. The molecule has 0 bridgehead atoms. The van der Waals surface area contributed by atoms with Gasteiger partial charge in [0, 0.05) is 18.0 Å². The summed E-state index contributed by atoms with van der Waals surface area (Å²) in [5.74, 6) is -1.73. The molecule has 2 aromatic rings. The van der Waals surface area contributed by atoms with E-state index < -0.39 is 11.9 Å². The van der Waals surface area contributed by atoms with Crippen LogP contribution in [0.4, 0.5) is 8.78 Å². The number of hydrogen-bond acceptors (Lipinski definition) is 3. The number of ether oxygens (including phenoxy) is 1. The van der Waals surface area contributed by atoms with Crippen LogP contribution < -0.4 is 0 Å². The molecule has 1 unspecified atom stereocenters. The van der Waals surface area contributed by atoms with E-state index in [1.54, 1.807) is 31.2 Å². The van der Waals surface area contributed by atoms with Crippen LogP contribution in [0.15, 0.2) is 59.8 Å². The Hall–Kier alpha value is -3.02. The molecule has 0 radical (unpaired) electrons. The first kappa shape index (κ1) is 21.7. The number of benzene rings is 2. The number of esters is 1. The zero-order valence-corrected chi connectivity index (χ0v) is 17.3. The van der Waals surface area contributed by atoms with E-state index in [-0.39, 0.29) is 43.0 Å². The van der Waals surface area contributed by atoms with Crippen LogP contribution in [0.25, 0.3) is 0 Å². The fraction of sp³-hybridized carbons (Fsp3) is 0.333. The Morgan fingerprint density at radius 1 is 1.07 bits per heavy atom. The molecular weight excluding hydrogens is 388 g/mol. The Kier molecular flexibility index (Phi) is 6.65. The van der Waals surface area contributed by atoms with Crippen molar-refractivity contribution >= 4 is 11.9 Å². The Morgan fingerprint density at radius 2 is 1.63 bits per heavy atom. The molecule has 1 aliphatic rings. The van der Waals surface area contributed by atoms with Crippen molar-refractivity contribution in [3.63, 3.8) is 0 Å². The summed E-state index contributed by atoms with van der Waals surface area (Å²) in [7, 11) is 0. The zero-order chi connectivity index (χ0) is 21.8. The average molecular weight is 413 g/mol. The van der Waals surface area contributed by atoms with E-state index in [4.69, 9.17) is 4.74 Å². The van der Waals surface area contributed by atoms with Crippen molar-refractivity contribution < 1.29 is 23.1 Å². The molecule has 0 aliphatic carbocycles. The maximum Gasteiger partial charge on any atom is 0.336 e. The van der Waals surface area contributed by atoms with E-state index in [0.717, 1.165) is 5.56 Å². The second-order valence-electron chi connectivity index (χ2n) is 7.91. The van der Waals surface area contributed by atoms with Gasteiger partial charge >= 0.3 is 5.97 Å². The predicted octanol–water partition coefficient (Wildman–Crippen LogP) is 4.95. The van der Waals surface area contributed by atoms with E-state index in [9.17, 15) is 18.4 Å². The maximum absolute atomic E-state index is 13.4. The molecule has 3 rings (SSSR count). The Morgan fingerprint density at radius 3 is 2.20 bits per heavy atom. The van der Waals surface area contributed by atoms with Crippen molar-refractivity contribution in [1.82, 2.24) is 4.90 Å². The normalized spacial score (nSPS) is 16.9.